The van der Waals surface area contributed by atoms with E-state index in [0.717, 1.165) is 25.2 Å². The van der Waals surface area contributed by atoms with Crippen LogP contribution < -0.4 is 5.32 Å². The van der Waals surface area contributed by atoms with Gasteiger partial charge in [-0.15, -0.1) is 0 Å². The molecule has 0 spiro atoms. The highest BCUT2D eigenvalue weighted by molar-refractivity contribution is 5.32. The number of anilines is 1. The summed E-state index contributed by atoms with van der Waals surface area (Å²) in [5.41, 5.74) is 0. The number of aromatic nitrogens is 1. The monoisotopic (exact) mass is 206 g/mol. The van der Waals surface area contributed by atoms with Crippen molar-refractivity contribution in [1.29, 1.82) is 0 Å². The van der Waals surface area contributed by atoms with Crippen molar-refractivity contribution in [2.24, 2.45) is 0 Å². The fourth-order valence-corrected chi connectivity index (χ4v) is 1.36. The van der Waals surface area contributed by atoms with Crippen LogP contribution in [0.1, 0.15) is 12.8 Å². The maximum atomic E-state index is 5.16. The third-order valence-electron chi connectivity index (χ3n) is 2.10. The molecule has 1 aliphatic heterocycles. The van der Waals surface area contributed by atoms with Crippen LogP contribution in [0.5, 0.6) is 0 Å². The largest absolute Gasteiger partial charge is 0.459 e. The van der Waals surface area contributed by atoms with E-state index in [2.05, 4.69) is 10.3 Å². The van der Waals surface area contributed by atoms with E-state index in [1.54, 1.807) is 18.7 Å². The normalized spacial score (nSPS) is 14.7. The molecule has 1 aromatic heterocycles. The molecule has 0 atom stereocenters. The van der Waals surface area contributed by atoms with Crippen LogP contribution in [0.2, 0.25) is 0 Å². The molecule has 0 unspecified atom stereocenters. The molecule has 1 N–H and O–H groups in total. The topological polar surface area (TPSA) is 43.4 Å². The van der Waals surface area contributed by atoms with Gasteiger partial charge in [-0.05, 0) is 18.6 Å². The van der Waals surface area contributed by atoms with Crippen LogP contribution in [-0.4, -0.2) is 17.8 Å². The number of rotatable bonds is 5. The fourth-order valence-electron chi connectivity index (χ4n) is 1.36. The number of nitrogens with one attached hydrogen (secondary N) is 1. The van der Waals surface area contributed by atoms with Crippen molar-refractivity contribution in [3.63, 3.8) is 0 Å². The van der Waals surface area contributed by atoms with Crippen molar-refractivity contribution in [2.75, 3.05) is 11.9 Å². The Balaban J connectivity index is 1.59. The molecule has 0 saturated heterocycles. The predicted octanol–water partition coefficient (Wildman–Crippen LogP) is 2.12. The molecular formula is C11H14N2O2. The first-order valence-corrected chi connectivity index (χ1v) is 5.06. The molecule has 0 aromatic carbocycles. The van der Waals surface area contributed by atoms with Gasteiger partial charge >= 0.3 is 0 Å². The van der Waals surface area contributed by atoms with Crippen molar-refractivity contribution in [1.82, 2.24) is 4.98 Å². The van der Waals surface area contributed by atoms with Gasteiger partial charge in [-0.2, -0.15) is 0 Å². The third kappa shape index (κ3) is 3.16. The zero-order valence-electron chi connectivity index (χ0n) is 8.43. The van der Waals surface area contributed by atoms with Crippen LogP contribution in [0.4, 0.5) is 5.82 Å². The van der Waals surface area contributed by atoms with E-state index in [1.807, 2.05) is 18.2 Å². The van der Waals surface area contributed by atoms with E-state index in [1.165, 1.54) is 0 Å². The highest BCUT2D eigenvalue weighted by Crippen LogP contribution is 2.11. The Morgan fingerprint density at radius 3 is 2.87 bits per heavy atom. The molecule has 4 nitrogen and oxygen atoms in total. The average molecular weight is 206 g/mol. The van der Waals surface area contributed by atoms with Gasteiger partial charge in [0.05, 0.1) is 0 Å². The maximum Gasteiger partial charge on any atom is 0.239 e. The molecule has 0 aliphatic carbocycles. The summed E-state index contributed by atoms with van der Waals surface area (Å²) >= 11 is 0. The lowest BCUT2D eigenvalue weighted by molar-refractivity contribution is -0.0284. The maximum absolute atomic E-state index is 5.16. The molecule has 4 heteroatoms. The van der Waals surface area contributed by atoms with Crippen LogP contribution >= 0.6 is 0 Å². The van der Waals surface area contributed by atoms with Gasteiger partial charge < -0.3 is 14.8 Å². The summed E-state index contributed by atoms with van der Waals surface area (Å²) in [6, 6.07) is 5.81. The lowest BCUT2D eigenvalue weighted by Crippen LogP contribution is -2.10. The summed E-state index contributed by atoms with van der Waals surface area (Å²) in [5, 5.41) is 3.23. The minimum atomic E-state index is -0.101. The highest BCUT2D eigenvalue weighted by atomic mass is 16.7. The van der Waals surface area contributed by atoms with E-state index in [-0.39, 0.29) is 6.29 Å². The Bertz CT molecular complexity index is 306. The number of hydrogen-bond acceptors (Lipinski definition) is 4. The summed E-state index contributed by atoms with van der Waals surface area (Å²) in [7, 11) is 0. The Labute approximate surface area is 88.9 Å². The van der Waals surface area contributed by atoms with Crippen LogP contribution in [0.15, 0.2) is 36.9 Å². The molecule has 0 radical (unpaired) electrons. The van der Waals surface area contributed by atoms with Gasteiger partial charge in [-0.25, -0.2) is 4.98 Å². The molecule has 0 saturated carbocycles. The van der Waals surface area contributed by atoms with Crippen molar-refractivity contribution in [3.8, 4) is 0 Å². The first kappa shape index (κ1) is 9.83. The van der Waals surface area contributed by atoms with Gasteiger partial charge in [0.15, 0.2) is 0 Å². The van der Waals surface area contributed by atoms with Gasteiger partial charge in [-0.3, -0.25) is 0 Å². The number of hydrogen-bond donors (Lipinski definition) is 1. The highest BCUT2D eigenvalue weighted by Gasteiger charge is 2.10. The summed E-state index contributed by atoms with van der Waals surface area (Å²) in [4.78, 5) is 4.16. The van der Waals surface area contributed by atoms with E-state index >= 15 is 0 Å². The minimum Gasteiger partial charge on any atom is -0.459 e. The molecule has 1 aromatic rings. The van der Waals surface area contributed by atoms with Crippen LogP contribution in [0.3, 0.4) is 0 Å². The van der Waals surface area contributed by atoms with E-state index < -0.39 is 0 Å². The number of pyridine rings is 1. The fraction of sp³-hybridized carbons (Fsp3) is 0.364. The van der Waals surface area contributed by atoms with E-state index in [9.17, 15) is 0 Å². The molecule has 1 aliphatic rings. The Hall–Kier alpha value is -1.71. The van der Waals surface area contributed by atoms with E-state index in [4.69, 9.17) is 9.47 Å². The molecule has 15 heavy (non-hydrogen) atoms. The molecule has 0 fully saturated rings. The quantitative estimate of drug-likeness (QED) is 0.749. The molecule has 2 heterocycles. The summed E-state index contributed by atoms with van der Waals surface area (Å²) < 4.78 is 10.3. The van der Waals surface area contributed by atoms with Crippen LogP contribution in [-0.2, 0) is 9.47 Å². The SMILES string of the molecule is C1=COC(CCCNc2ccccn2)O1. The van der Waals surface area contributed by atoms with Gasteiger partial charge in [0.25, 0.3) is 0 Å². The average Bonchev–Trinajstić information content (AvgIpc) is 2.79. The number of nitrogens with zero attached hydrogens (tertiary/aromatic N) is 1. The zero-order chi connectivity index (χ0) is 10.3. The molecule has 0 amide bonds. The van der Waals surface area contributed by atoms with Gasteiger partial charge in [0.1, 0.15) is 18.3 Å². The van der Waals surface area contributed by atoms with Crippen molar-refractivity contribution in [3.05, 3.63) is 36.9 Å². The van der Waals surface area contributed by atoms with Crippen LogP contribution in [0, 0.1) is 0 Å². The van der Waals surface area contributed by atoms with Gasteiger partial charge in [-0.1, -0.05) is 6.07 Å². The second-order valence-electron chi connectivity index (χ2n) is 3.26. The first-order chi connectivity index (χ1) is 7.45. The first-order valence-electron chi connectivity index (χ1n) is 5.06. The molecule has 80 valence electrons. The van der Waals surface area contributed by atoms with Gasteiger partial charge in [0, 0.05) is 19.2 Å². The third-order valence-corrected chi connectivity index (χ3v) is 2.10. The Morgan fingerprint density at radius 2 is 2.13 bits per heavy atom. The predicted molar refractivity (Wildman–Crippen MR) is 57.1 cm³/mol. The summed E-state index contributed by atoms with van der Waals surface area (Å²) in [5.74, 6) is 0.906. The Kier molecular flexibility index (Phi) is 3.43. The zero-order valence-corrected chi connectivity index (χ0v) is 8.43. The minimum absolute atomic E-state index is 0.101. The van der Waals surface area contributed by atoms with E-state index in [0.29, 0.717) is 0 Å². The standard InChI is InChI=1S/C11H14N2O2/c1-2-6-12-10(4-1)13-7-3-5-11-14-8-9-15-11/h1-2,4,6,8-9,11H,3,5,7H2,(H,12,13). The summed E-state index contributed by atoms with van der Waals surface area (Å²) in [6.07, 6.45) is 6.70. The summed E-state index contributed by atoms with van der Waals surface area (Å²) in [6.45, 7) is 0.875. The number of ether oxygens (including phenoxy) is 2. The second-order valence-corrected chi connectivity index (χ2v) is 3.26. The van der Waals surface area contributed by atoms with Crippen molar-refractivity contribution in [2.45, 2.75) is 19.1 Å². The second kappa shape index (κ2) is 5.24. The molecular weight excluding hydrogens is 192 g/mol. The smallest absolute Gasteiger partial charge is 0.239 e. The Morgan fingerprint density at radius 1 is 1.27 bits per heavy atom. The van der Waals surface area contributed by atoms with Crippen molar-refractivity contribution < 1.29 is 9.47 Å². The van der Waals surface area contributed by atoms with Crippen LogP contribution in [0.25, 0.3) is 0 Å². The molecule has 0 bridgehead atoms. The molecule has 2 rings (SSSR count). The van der Waals surface area contributed by atoms with Gasteiger partial charge in [0.2, 0.25) is 6.29 Å². The van der Waals surface area contributed by atoms with Crippen molar-refractivity contribution >= 4 is 5.82 Å². The lowest BCUT2D eigenvalue weighted by Gasteiger charge is -2.10. The lowest BCUT2D eigenvalue weighted by atomic mass is 10.3.